The quantitative estimate of drug-likeness (QED) is 0.754. The lowest BCUT2D eigenvalue weighted by atomic mass is 10.2. The number of carbonyl (C=O) groups excluding carboxylic acids is 1. The van der Waals surface area contributed by atoms with Gasteiger partial charge >= 0.3 is 12.0 Å². The Labute approximate surface area is 136 Å². The molecule has 0 bridgehead atoms. The molecule has 0 heterocycles. The van der Waals surface area contributed by atoms with Crippen molar-refractivity contribution >= 4 is 45.4 Å². The zero-order valence-electron chi connectivity index (χ0n) is 11.6. The molecule has 1 aliphatic rings. The van der Waals surface area contributed by atoms with Crippen molar-refractivity contribution in [1.29, 1.82) is 0 Å². The number of thioether (sulfide) groups is 1. The number of hydrogen-bond donors (Lipinski definition) is 3. The zero-order valence-corrected chi connectivity index (χ0v) is 14.0. The number of para-hydroxylation sites is 1. The molecule has 0 saturated heterocycles. The van der Waals surface area contributed by atoms with Crippen LogP contribution in [0.2, 0.25) is 0 Å². The second kappa shape index (κ2) is 7.17. The predicted molar refractivity (Wildman–Crippen MR) is 88.2 cm³/mol. The lowest BCUT2D eigenvalue weighted by Crippen LogP contribution is -2.41. The van der Waals surface area contributed by atoms with Gasteiger partial charge in [-0.05, 0) is 47.2 Å². The van der Waals surface area contributed by atoms with Gasteiger partial charge in [-0.15, -0.1) is 0 Å². The monoisotopic (exact) mass is 372 g/mol. The van der Waals surface area contributed by atoms with Gasteiger partial charge in [0.1, 0.15) is 0 Å². The van der Waals surface area contributed by atoms with Crippen LogP contribution in [0.3, 0.4) is 0 Å². The minimum Gasteiger partial charge on any atom is -0.478 e. The Kier molecular flexibility index (Phi) is 5.52. The van der Waals surface area contributed by atoms with Gasteiger partial charge in [0.05, 0.1) is 11.3 Å². The van der Waals surface area contributed by atoms with Crippen LogP contribution < -0.4 is 10.6 Å². The van der Waals surface area contributed by atoms with E-state index in [-0.39, 0.29) is 23.3 Å². The molecule has 5 nitrogen and oxygen atoms in total. The Morgan fingerprint density at radius 3 is 2.81 bits per heavy atom. The number of urea groups is 1. The van der Waals surface area contributed by atoms with Crippen molar-refractivity contribution in [2.45, 2.75) is 30.6 Å². The van der Waals surface area contributed by atoms with Gasteiger partial charge in [0, 0.05) is 15.8 Å². The van der Waals surface area contributed by atoms with E-state index in [0.29, 0.717) is 9.72 Å². The summed E-state index contributed by atoms with van der Waals surface area (Å²) < 4.78 is 0.547. The molecular weight excluding hydrogens is 356 g/mol. The number of benzene rings is 1. The van der Waals surface area contributed by atoms with E-state index < -0.39 is 5.97 Å². The van der Waals surface area contributed by atoms with E-state index in [1.165, 1.54) is 6.07 Å². The van der Waals surface area contributed by atoms with Crippen molar-refractivity contribution < 1.29 is 14.7 Å². The second-order valence-corrected chi connectivity index (χ2v) is 6.81. The minimum absolute atomic E-state index is 0.0624. The Hall–Kier alpha value is -1.21. The maximum Gasteiger partial charge on any atom is 0.337 e. The molecule has 3 N–H and O–H groups in total. The third kappa shape index (κ3) is 3.91. The number of anilines is 1. The van der Waals surface area contributed by atoms with E-state index in [0.717, 1.165) is 19.3 Å². The number of carbonyl (C=O) groups is 2. The fourth-order valence-electron chi connectivity index (χ4n) is 2.52. The Morgan fingerprint density at radius 2 is 2.14 bits per heavy atom. The fourth-order valence-corrected chi connectivity index (χ4v) is 3.92. The first-order chi connectivity index (χ1) is 10.0. The molecule has 0 aliphatic heterocycles. The van der Waals surface area contributed by atoms with Crippen molar-refractivity contribution in [2.24, 2.45) is 0 Å². The third-order valence-corrected chi connectivity index (χ3v) is 5.38. The van der Waals surface area contributed by atoms with Crippen LogP contribution in [-0.4, -0.2) is 34.7 Å². The first-order valence-electron chi connectivity index (χ1n) is 6.65. The number of halogens is 1. The topological polar surface area (TPSA) is 78.4 Å². The summed E-state index contributed by atoms with van der Waals surface area (Å²) in [6.07, 6.45) is 5.20. The molecule has 0 aromatic heterocycles. The highest BCUT2D eigenvalue weighted by Crippen LogP contribution is 2.29. The van der Waals surface area contributed by atoms with Gasteiger partial charge in [-0.25, -0.2) is 9.59 Å². The molecule has 2 rings (SSSR count). The van der Waals surface area contributed by atoms with Crippen LogP contribution in [0.5, 0.6) is 0 Å². The highest BCUT2D eigenvalue weighted by atomic mass is 79.9. The lowest BCUT2D eigenvalue weighted by Gasteiger charge is -2.20. The van der Waals surface area contributed by atoms with Crippen LogP contribution in [0.15, 0.2) is 22.7 Å². The molecule has 2 unspecified atom stereocenters. The van der Waals surface area contributed by atoms with Crippen LogP contribution >= 0.6 is 27.7 Å². The van der Waals surface area contributed by atoms with E-state index in [2.05, 4.69) is 26.6 Å². The van der Waals surface area contributed by atoms with Gasteiger partial charge in [-0.2, -0.15) is 11.8 Å². The number of carboxylic acids is 1. The van der Waals surface area contributed by atoms with Gasteiger partial charge in [0.2, 0.25) is 0 Å². The first kappa shape index (κ1) is 16.2. The summed E-state index contributed by atoms with van der Waals surface area (Å²) in [4.78, 5) is 23.3. The van der Waals surface area contributed by atoms with Gasteiger partial charge in [0.15, 0.2) is 0 Å². The Morgan fingerprint density at radius 1 is 1.38 bits per heavy atom. The minimum atomic E-state index is -1.07. The summed E-state index contributed by atoms with van der Waals surface area (Å²) in [5.74, 6) is -1.07. The normalized spacial score (nSPS) is 21.0. The predicted octanol–water partition coefficient (Wildman–Crippen LogP) is 3.55. The van der Waals surface area contributed by atoms with E-state index >= 15 is 0 Å². The summed E-state index contributed by atoms with van der Waals surface area (Å²) in [6.45, 7) is 0. The fraction of sp³-hybridized carbons (Fsp3) is 0.429. The van der Waals surface area contributed by atoms with Crippen LogP contribution in [0.25, 0.3) is 0 Å². The average molecular weight is 373 g/mol. The smallest absolute Gasteiger partial charge is 0.337 e. The van der Waals surface area contributed by atoms with Crippen LogP contribution in [-0.2, 0) is 0 Å². The molecule has 1 aliphatic carbocycles. The molecule has 1 fully saturated rings. The maximum absolute atomic E-state index is 12.1. The van der Waals surface area contributed by atoms with Gasteiger partial charge in [-0.1, -0.05) is 12.5 Å². The molecule has 2 atom stereocenters. The average Bonchev–Trinajstić information content (AvgIpc) is 2.87. The molecule has 1 saturated carbocycles. The second-order valence-electron chi connectivity index (χ2n) is 4.88. The van der Waals surface area contributed by atoms with Gasteiger partial charge in [0.25, 0.3) is 0 Å². The number of amides is 2. The highest BCUT2D eigenvalue weighted by Gasteiger charge is 2.28. The largest absolute Gasteiger partial charge is 0.478 e. The van der Waals surface area contributed by atoms with Gasteiger partial charge in [-0.3, -0.25) is 0 Å². The van der Waals surface area contributed by atoms with Crippen LogP contribution in [0, 0.1) is 0 Å². The van der Waals surface area contributed by atoms with Crippen molar-refractivity contribution in [3.05, 3.63) is 28.2 Å². The summed E-state index contributed by atoms with van der Waals surface area (Å²) in [6, 6.07) is 4.55. The number of hydrogen-bond acceptors (Lipinski definition) is 3. The molecule has 0 spiro atoms. The molecular formula is C14H17BrN2O3S. The van der Waals surface area contributed by atoms with Crippen LogP contribution in [0.4, 0.5) is 10.5 Å². The summed E-state index contributed by atoms with van der Waals surface area (Å²) in [7, 11) is 0. The molecule has 1 aromatic carbocycles. The van der Waals surface area contributed by atoms with Crippen molar-refractivity contribution in [3.8, 4) is 0 Å². The molecule has 0 radical (unpaired) electrons. The van der Waals surface area contributed by atoms with Crippen molar-refractivity contribution in [1.82, 2.24) is 5.32 Å². The summed E-state index contributed by atoms with van der Waals surface area (Å²) >= 11 is 5.03. The third-order valence-electron chi connectivity index (χ3n) is 3.55. The van der Waals surface area contributed by atoms with Crippen molar-refractivity contribution in [3.63, 3.8) is 0 Å². The number of rotatable bonds is 4. The highest BCUT2D eigenvalue weighted by molar-refractivity contribution is 9.10. The standard InChI is InChI=1S/C14H17BrN2O3S/c1-21-11-7-3-6-10(11)16-14(20)17-12-8(13(18)19)4-2-5-9(12)15/h2,4-5,10-11H,3,6-7H2,1H3,(H,18,19)(H2,16,17,20). The number of aromatic carboxylic acids is 1. The molecule has 21 heavy (non-hydrogen) atoms. The number of carboxylic acid groups (broad SMARTS) is 1. The molecule has 7 heteroatoms. The van der Waals surface area contributed by atoms with Crippen molar-refractivity contribution in [2.75, 3.05) is 11.6 Å². The Bertz CT molecular complexity index is 553. The van der Waals surface area contributed by atoms with Crippen LogP contribution in [0.1, 0.15) is 29.6 Å². The lowest BCUT2D eigenvalue weighted by molar-refractivity contribution is 0.0698. The molecule has 114 valence electrons. The van der Waals surface area contributed by atoms with Gasteiger partial charge < -0.3 is 15.7 Å². The Balaban J connectivity index is 2.08. The van der Waals surface area contributed by atoms with E-state index in [1.807, 2.05) is 6.26 Å². The van der Waals surface area contributed by atoms with E-state index in [9.17, 15) is 14.7 Å². The molecule has 1 aromatic rings. The van der Waals surface area contributed by atoms with E-state index in [1.54, 1.807) is 23.9 Å². The van der Waals surface area contributed by atoms with E-state index in [4.69, 9.17) is 0 Å². The zero-order chi connectivity index (χ0) is 15.4. The maximum atomic E-state index is 12.1. The first-order valence-corrected chi connectivity index (χ1v) is 8.73. The summed E-state index contributed by atoms with van der Waals surface area (Å²) in [5.41, 5.74) is 0.341. The summed E-state index contributed by atoms with van der Waals surface area (Å²) in [5, 5.41) is 15.2. The number of nitrogens with one attached hydrogen (secondary N) is 2. The SMILES string of the molecule is CSC1CCCC1NC(=O)Nc1c(Br)cccc1C(=O)O. The molecule has 2 amide bonds.